The van der Waals surface area contributed by atoms with Crippen molar-refractivity contribution in [3.8, 4) is 0 Å². The Balaban J connectivity index is -0.000000273. The molecule has 1 unspecified atom stereocenters. The van der Waals surface area contributed by atoms with Crippen molar-refractivity contribution in [3.05, 3.63) is 12.2 Å². The Kier molecular flexibility index (Phi) is 29.4. The van der Waals surface area contributed by atoms with E-state index >= 15 is 0 Å². The lowest BCUT2D eigenvalue weighted by Gasteiger charge is -2.11. The summed E-state index contributed by atoms with van der Waals surface area (Å²) in [5.41, 5.74) is 0. The minimum atomic E-state index is 0.750. The van der Waals surface area contributed by atoms with Crippen molar-refractivity contribution in [1.82, 2.24) is 0 Å². The molecule has 98 valence electrons. The average molecular weight is 240 g/mol. The maximum absolute atomic E-state index is 8.35. The van der Waals surface area contributed by atoms with E-state index in [4.69, 9.17) is 20.4 Å². The van der Waals surface area contributed by atoms with Gasteiger partial charge >= 0.3 is 0 Å². The van der Waals surface area contributed by atoms with Crippen LogP contribution >= 0.6 is 0 Å². The lowest BCUT2D eigenvalue weighted by Crippen LogP contribution is -1.96. The zero-order chi connectivity index (χ0) is 13.9. The molecule has 0 saturated carbocycles. The van der Waals surface area contributed by atoms with Crippen molar-refractivity contribution >= 4 is 12.2 Å². The second-order valence-corrected chi connectivity index (χ2v) is 3.41. The molecule has 0 spiro atoms. The quantitative estimate of drug-likeness (QED) is 0.418. The van der Waals surface area contributed by atoms with E-state index in [1.807, 2.05) is 0 Å². The van der Waals surface area contributed by atoms with E-state index < -0.39 is 0 Å². The minimum Gasteiger partial charge on any atom is -0.222 e. The Morgan fingerprint density at radius 2 is 1.59 bits per heavy atom. The molecular formula is C13H24N2O2. The van der Waals surface area contributed by atoms with E-state index in [-0.39, 0.29) is 0 Å². The lowest BCUT2D eigenvalue weighted by atomic mass is 9.95. The molecule has 17 heavy (non-hydrogen) atoms. The second kappa shape index (κ2) is 24.0. The zero-order valence-corrected chi connectivity index (χ0v) is 11.1. The predicted molar refractivity (Wildman–Crippen MR) is 69.6 cm³/mol. The van der Waals surface area contributed by atoms with Gasteiger partial charge in [-0.2, -0.15) is 0 Å². The smallest absolute Gasteiger partial charge is 0.222 e. The largest absolute Gasteiger partial charge is 0.231 e. The fraction of sp³-hybridized carbons (Fsp3) is 0.692. The van der Waals surface area contributed by atoms with Crippen LogP contribution in [0.5, 0.6) is 0 Å². The molecule has 0 aromatic rings. The van der Waals surface area contributed by atoms with Crippen LogP contribution in [0.1, 0.15) is 52.9 Å². The number of allylic oxidation sites excluding steroid dienone is 2. The molecule has 0 amide bonds. The van der Waals surface area contributed by atoms with Gasteiger partial charge in [0, 0.05) is 0 Å². The molecule has 1 atom stereocenters. The summed E-state index contributed by atoms with van der Waals surface area (Å²) >= 11 is 0. The topological polar surface area (TPSA) is 81.8 Å². The van der Waals surface area contributed by atoms with Crippen LogP contribution in [0.3, 0.4) is 0 Å². The highest BCUT2D eigenvalue weighted by Crippen LogP contribution is 2.16. The summed E-state index contributed by atoms with van der Waals surface area (Å²) in [5, 5.41) is 10.8. The Hall–Kier alpha value is -1.50. The van der Waals surface area contributed by atoms with Crippen molar-refractivity contribution < 1.29 is 9.59 Å². The number of rotatable bonds is 6. The van der Waals surface area contributed by atoms with Crippen molar-refractivity contribution in [1.29, 1.82) is 10.8 Å². The lowest BCUT2D eigenvalue weighted by molar-refractivity contribution is 0.436. The SMILES string of the molecule is CC=CCCC(CC)CCC.N=C=O.N=C=O. The normalized spacial score (nSPS) is 10.1. The van der Waals surface area contributed by atoms with E-state index in [0.29, 0.717) is 0 Å². The third-order valence-electron chi connectivity index (χ3n) is 2.25. The van der Waals surface area contributed by atoms with Gasteiger partial charge < -0.3 is 0 Å². The first-order valence-electron chi connectivity index (χ1n) is 5.87. The van der Waals surface area contributed by atoms with Gasteiger partial charge in [-0.15, -0.1) is 0 Å². The molecular weight excluding hydrogens is 216 g/mol. The van der Waals surface area contributed by atoms with Gasteiger partial charge in [0.25, 0.3) is 0 Å². The fourth-order valence-corrected chi connectivity index (χ4v) is 1.46. The number of nitrogens with one attached hydrogen (secondary N) is 2. The monoisotopic (exact) mass is 240 g/mol. The van der Waals surface area contributed by atoms with Gasteiger partial charge in [-0.3, -0.25) is 0 Å². The molecule has 0 aromatic heterocycles. The number of carbonyl (C=O) groups excluding carboxylic acids is 2. The third kappa shape index (κ3) is 31.4. The first kappa shape index (κ1) is 20.9. The van der Waals surface area contributed by atoms with E-state index in [2.05, 4.69) is 32.9 Å². The molecule has 0 aliphatic rings. The summed E-state index contributed by atoms with van der Waals surface area (Å²) < 4.78 is 0. The second-order valence-electron chi connectivity index (χ2n) is 3.41. The maximum atomic E-state index is 8.35. The minimum absolute atomic E-state index is 0.750. The molecule has 4 nitrogen and oxygen atoms in total. The van der Waals surface area contributed by atoms with E-state index in [1.165, 1.54) is 32.1 Å². The summed E-state index contributed by atoms with van der Waals surface area (Å²) in [6.45, 7) is 6.68. The van der Waals surface area contributed by atoms with Gasteiger partial charge in [-0.05, 0) is 25.7 Å². The number of hydrogen-bond acceptors (Lipinski definition) is 4. The van der Waals surface area contributed by atoms with Crippen LogP contribution in [0.15, 0.2) is 12.2 Å². The summed E-state index contributed by atoms with van der Waals surface area (Å²) in [6.07, 6.45) is 12.7. The van der Waals surface area contributed by atoms with Crippen LogP contribution in [-0.2, 0) is 9.59 Å². The summed E-state index contributed by atoms with van der Waals surface area (Å²) in [5.74, 6) is 0.969. The van der Waals surface area contributed by atoms with Crippen molar-refractivity contribution in [2.75, 3.05) is 0 Å². The molecule has 0 aliphatic carbocycles. The Morgan fingerprint density at radius 3 is 1.88 bits per heavy atom. The van der Waals surface area contributed by atoms with Gasteiger partial charge in [0.2, 0.25) is 12.2 Å². The van der Waals surface area contributed by atoms with Gasteiger partial charge in [0.1, 0.15) is 0 Å². The molecule has 0 rings (SSSR count). The van der Waals surface area contributed by atoms with Crippen molar-refractivity contribution in [2.24, 2.45) is 5.92 Å². The molecule has 4 heteroatoms. The highest BCUT2D eigenvalue weighted by molar-refractivity contribution is 5.26. The molecule has 0 radical (unpaired) electrons. The van der Waals surface area contributed by atoms with Gasteiger partial charge in [-0.25, -0.2) is 20.4 Å². The summed E-state index contributed by atoms with van der Waals surface area (Å²) in [6, 6.07) is 0. The van der Waals surface area contributed by atoms with Gasteiger partial charge in [-0.1, -0.05) is 45.3 Å². The average Bonchev–Trinajstić information content (AvgIpc) is 2.30. The number of isocyanates is 2. The van der Waals surface area contributed by atoms with Crippen LogP contribution in [-0.4, -0.2) is 12.2 Å². The predicted octanol–water partition coefficient (Wildman–Crippen LogP) is 3.97. The van der Waals surface area contributed by atoms with E-state index in [9.17, 15) is 0 Å². The molecule has 2 N–H and O–H groups in total. The third-order valence-corrected chi connectivity index (χ3v) is 2.25. The molecule has 0 fully saturated rings. The first-order valence-corrected chi connectivity index (χ1v) is 5.87. The Morgan fingerprint density at radius 1 is 1.12 bits per heavy atom. The zero-order valence-electron chi connectivity index (χ0n) is 11.1. The maximum Gasteiger partial charge on any atom is 0.231 e. The van der Waals surface area contributed by atoms with Crippen LogP contribution in [0, 0.1) is 16.7 Å². The van der Waals surface area contributed by atoms with Crippen LogP contribution in [0.25, 0.3) is 0 Å². The highest BCUT2D eigenvalue weighted by Gasteiger charge is 2.02. The first-order chi connectivity index (χ1) is 8.17. The van der Waals surface area contributed by atoms with Crippen LogP contribution < -0.4 is 0 Å². The molecule has 0 aliphatic heterocycles. The van der Waals surface area contributed by atoms with Crippen molar-refractivity contribution in [2.45, 2.75) is 52.9 Å². The van der Waals surface area contributed by atoms with E-state index in [0.717, 1.165) is 18.1 Å². The molecule has 0 aromatic carbocycles. The van der Waals surface area contributed by atoms with Gasteiger partial charge in [0.05, 0.1) is 0 Å². The molecule has 0 bridgehead atoms. The van der Waals surface area contributed by atoms with Crippen LogP contribution in [0.2, 0.25) is 0 Å². The highest BCUT2D eigenvalue weighted by atomic mass is 16.1. The van der Waals surface area contributed by atoms with Crippen LogP contribution in [0.4, 0.5) is 0 Å². The van der Waals surface area contributed by atoms with E-state index in [1.54, 1.807) is 0 Å². The summed E-state index contributed by atoms with van der Waals surface area (Å²) in [7, 11) is 0. The molecule has 0 heterocycles. The standard InChI is InChI=1S/C11H22.2CHNO/c1-4-7-8-10-11(6-3)9-5-2;2*2-1-3/h4,7,11H,5-6,8-10H2,1-3H3;2*2H. The van der Waals surface area contributed by atoms with Gasteiger partial charge in [0.15, 0.2) is 0 Å². The molecule has 0 saturated heterocycles. The number of hydrogen-bond donors (Lipinski definition) is 2. The Bertz CT molecular complexity index is 214. The van der Waals surface area contributed by atoms with Crippen molar-refractivity contribution in [3.63, 3.8) is 0 Å². The summed E-state index contributed by atoms with van der Waals surface area (Å²) in [4.78, 5) is 16.7. The fourth-order valence-electron chi connectivity index (χ4n) is 1.46. The Labute approximate surface area is 104 Å².